The van der Waals surface area contributed by atoms with Crippen LogP contribution in [0.2, 0.25) is 0 Å². The SMILES string of the molecule is CCCCCSC(=O)[C@@H]1O[C@@H]1C(=O)OCc1ccccc1. The maximum Gasteiger partial charge on any atom is 0.338 e. The van der Waals surface area contributed by atoms with E-state index >= 15 is 0 Å². The van der Waals surface area contributed by atoms with Gasteiger partial charge in [-0.1, -0.05) is 61.9 Å². The monoisotopic (exact) mass is 308 g/mol. The molecule has 1 aliphatic rings. The van der Waals surface area contributed by atoms with Gasteiger partial charge in [0.25, 0.3) is 0 Å². The third kappa shape index (κ3) is 5.17. The number of ether oxygens (including phenoxy) is 2. The Morgan fingerprint density at radius 2 is 1.95 bits per heavy atom. The predicted molar refractivity (Wildman–Crippen MR) is 81.9 cm³/mol. The van der Waals surface area contributed by atoms with Crippen molar-refractivity contribution < 1.29 is 19.1 Å². The summed E-state index contributed by atoms with van der Waals surface area (Å²) in [6.07, 6.45) is 1.94. The predicted octanol–water partition coefficient (Wildman–Crippen LogP) is 2.95. The van der Waals surface area contributed by atoms with Crippen molar-refractivity contribution in [1.29, 1.82) is 0 Å². The molecule has 1 fully saturated rings. The molecule has 1 aromatic carbocycles. The molecule has 4 nitrogen and oxygen atoms in total. The first kappa shape index (κ1) is 16.0. The molecule has 0 aromatic heterocycles. The van der Waals surface area contributed by atoms with Crippen molar-refractivity contribution in [2.24, 2.45) is 0 Å². The summed E-state index contributed by atoms with van der Waals surface area (Å²) in [4.78, 5) is 23.5. The molecule has 0 saturated carbocycles. The van der Waals surface area contributed by atoms with Crippen LogP contribution in [-0.2, 0) is 25.7 Å². The van der Waals surface area contributed by atoms with Crippen LogP contribution in [0.3, 0.4) is 0 Å². The van der Waals surface area contributed by atoms with Crippen LogP contribution in [-0.4, -0.2) is 29.0 Å². The number of rotatable bonds is 8. The zero-order valence-corrected chi connectivity index (χ0v) is 12.9. The minimum absolute atomic E-state index is 0.0623. The van der Waals surface area contributed by atoms with Crippen LogP contribution in [0.15, 0.2) is 30.3 Å². The normalized spacial score (nSPS) is 20.0. The van der Waals surface area contributed by atoms with Crippen LogP contribution in [0.5, 0.6) is 0 Å². The summed E-state index contributed by atoms with van der Waals surface area (Å²) in [6, 6.07) is 9.44. The molecule has 5 heteroatoms. The van der Waals surface area contributed by atoms with Crippen LogP contribution in [0.4, 0.5) is 0 Å². The Morgan fingerprint density at radius 1 is 1.19 bits per heavy atom. The second-order valence-electron chi connectivity index (χ2n) is 4.95. The first-order valence-corrected chi connectivity index (χ1v) is 8.23. The summed E-state index contributed by atoms with van der Waals surface area (Å²) >= 11 is 1.25. The molecule has 1 saturated heterocycles. The maximum atomic E-state index is 11.8. The van der Waals surface area contributed by atoms with E-state index in [1.54, 1.807) is 0 Å². The topological polar surface area (TPSA) is 55.9 Å². The second kappa shape index (κ2) is 8.20. The quantitative estimate of drug-likeness (QED) is 0.420. The first-order chi connectivity index (χ1) is 10.2. The van der Waals surface area contributed by atoms with Crippen LogP contribution >= 0.6 is 11.8 Å². The van der Waals surface area contributed by atoms with Gasteiger partial charge in [-0.05, 0) is 12.0 Å². The standard InChI is InChI=1S/C16H20O4S/c1-2-3-7-10-21-16(18)14-13(20-14)15(17)19-11-12-8-5-4-6-9-12/h4-6,8-9,13-14H,2-3,7,10-11H2,1H3/t13-,14+/m0/s1. The maximum absolute atomic E-state index is 11.8. The molecule has 1 aliphatic heterocycles. The molecule has 2 rings (SSSR count). The number of hydrogen-bond acceptors (Lipinski definition) is 5. The Morgan fingerprint density at radius 3 is 2.67 bits per heavy atom. The van der Waals surface area contributed by atoms with E-state index in [1.165, 1.54) is 11.8 Å². The van der Waals surface area contributed by atoms with Crippen molar-refractivity contribution in [3.05, 3.63) is 35.9 Å². The highest BCUT2D eigenvalue weighted by atomic mass is 32.2. The van der Waals surface area contributed by atoms with Gasteiger partial charge in [0.05, 0.1) is 0 Å². The van der Waals surface area contributed by atoms with E-state index in [0.29, 0.717) is 0 Å². The molecule has 21 heavy (non-hydrogen) atoms. The zero-order chi connectivity index (χ0) is 15.1. The molecular formula is C16H20O4S. The highest BCUT2D eigenvalue weighted by Crippen LogP contribution is 2.29. The summed E-state index contributed by atoms with van der Waals surface area (Å²) in [5, 5.41) is -0.0623. The number of epoxide rings is 1. The number of hydrogen-bond donors (Lipinski definition) is 0. The Kier molecular flexibility index (Phi) is 6.26. The minimum Gasteiger partial charge on any atom is -0.459 e. The van der Waals surface area contributed by atoms with Gasteiger partial charge < -0.3 is 9.47 Å². The van der Waals surface area contributed by atoms with E-state index < -0.39 is 18.2 Å². The number of benzene rings is 1. The van der Waals surface area contributed by atoms with Gasteiger partial charge in [0, 0.05) is 5.75 Å². The second-order valence-corrected chi connectivity index (χ2v) is 6.04. The molecule has 0 unspecified atom stereocenters. The van der Waals surface area contributed by atoms with Crippen molar-refractivity contribution >= 4 is 22.8 Å². The minimum atomic E-state index is -0.708. The average molecular weight is 308 g/mol. The lowest BCUT2D eigenvalue weighted by atomic mass is 10.2. The number of carbonyl (C=O) groups is 2. The summed E-state index contributed by atoms with van der Waals surface area (Å²) in [5.74, 6) is 0.338. The van der Waals surface area contributed by atoms with Gasteiger partial charge in [-0.15, -0.1) is 0 Å². The van der Waals surface area contributed by atoms with Gasteiger partial charge in [0.2, 0.25) is 5.12 Å². The van der Waals surface area contributed by atoms with Crippen LogP contribution < -0.4 is 0 Å². The smallest absolute Gasteiger partial charge is 0.338 e. The van der Waals surface area contributed by atoms with Gasteiger partial charge in [-0.25, -0.2) is 4.79 Å². The fourth-order valence-corrected chi connectivity index (χ4v) is 2.78. The summed E-state index contributed by atoms with van der Waals surface area (Å²) < 4.78 is 10.3. The average Bonchev–Trinajstić information content (AvgIpc) is 3.31. The molecule has 0 bridgehead atoms. The molecule has 0 radical (unpaired) electrons. The van der Waals surface area contributed by atoms with Crippen molar-refractivity contribution in [2.75, 3.05) is 5.75 Å². The Balaban J connectivity index is 1.65. The number of unbranched alkanes of at least 4 members (excludes halogenated alkanes) is 2. The fraction of sp³-hybridized carbons (Fsp3) is 0.500. The molecule has 1 heterocycles. The van der Waals surface area contributed by atoms with Crippen LogP contribution in [0.25, 0.3) is 0 Å². The van der Waals surface area contributed by atoms with Crippen molar-refractivity contribution in [3.8, 4) is 0 Å². The van der Waals surface area contributed by atoms with E-state index in [2.05, 4.69) is 6.92 Å². The van der Waals surface area contributed by atoms with Gasteiger partial charge >= 0.3 is 5.97 Å². The highest BCUT2D eigenvalue weighted by Gasteiger charge is 2.51. The summed E-state index contributed by atoms with van der Waals surface area (Å²) in [5.41, 5.74) is 0.920. The molecule has 0 spiro atoms. The van der Waals surface area contributed by atoms with E-state index in [1.807, 2.05) is 30.3 Å². The summed E-state index contributed by atoms with van der Waals surface area (Å²) in [6.45, 7) is 2.33. The summed E-state index contributed by atoms with van der Waals surface area (Å²) in [7, 11) is 0. The molecule has 114 valence electrons. The Bertz CT molecular complexity index is 474. The fourth-order valence-electron chi connectivity index (χ4n) is 1.89. The lowest BCUT2D eigenvalue weighted by Gasteiger charge is -2.02. The third-order valence-electron chi connectivity index (χ3n) is 3.17. The van der Waals surface area contributed by atoms with E-state index in [4.69, 9.17) is 9.47 Å². The van der Waals surface area contributed by atoms with Gasteiger partial charge in [-0.2, -0.15) is 0 Å². The van der Waals surface area contributed by atoms with E-state index in [-0.39, 0.29) is 11.7 Å². The Labute approximate surface area is 129 Å². The molecule has 0 N–H and O–H groups in total. The largest absolute Gasteiger partial charge is 0.459 e. The number of carbonyl (C=O) groups excluding carboxylic acids is 2. The zero-order valence-electron chi connectivity index (χ0n) is 12.1. The van der Waals surface area contributed by atoms with Crippen LogP contribution in [0, 0.1) is 0 Å². The molecular weight excluding hydrogens is 288 g/mol. The third-order valence-corrected chi connectivity index (χ3v) is 4.18. The first-order valence-electron chi connectivity index (χ1n) is 7.25. The lowest BCUT2D eigenvalue weighted by Crippen LogP contribution is -2.17. The number of thioether (sulfide) groups is 1. The van der Waals surface area contributed by atoms with Crippen LogP contribution in [0.1, 0.15) is 31.7 Å². The molecule has 2 atom stereocenters. The molecule has 0 amide bonds. The molecule has 0 aliphatic carbocycles. The van der Waals surface area contributed by atoms with Gasteiger partial charge in [-0.3, -0.25) is 4.79 Å². The van der Waals surface area contributed by atoms with Gasteiger partial charge in [0.15, 0.2) is 12.2 Å². The van der Waals surface area contributed by atoms with E-state index in [0.717, 1.165) is 30.6 Å². The van der Waals surface area contributed by atoms with Crippen molar-refractivity contribution in [2.45, 2.75) is 45.0 Å². The van der Waals surface area contributed by atoms with Crippen molar-refractivity contribution in [1.82, 2.24) is 0 Å². The van der Waals surface area contributed by atoms with Gasteiger partial charge in [0.1, 0.15) is 6.61 Å². The van der Waals surface area contributed by atoms with Crippen molar-refractivity contribution in [3.63, 3.8) is 0 Å². The molecule has 1 aromatic rings. The van der Waals surface area contributed by atoms with E-state index in [9.17, 15) is 9.59 Å². The lowest BCUT2D eigenvalue weighted by molar-refractivity contribution is -0.146. The highest BCUT2D eigenvalue weighted by molar-refractivity contribution is 8.13. The Hall–Kier alpha value is -1.33. The number of esters is 1.